The van der Waals surface area contributed by atoms with Crippen LogP contribution in [-0.2, 0) is 10.0 Å². The van der Waals surface area contributed by atoms with Crippen LogP contribution in [0.5, 0.6) is 0 Å². The lowest BCUT2D eigenvalue weighted by Gasteiger charge is -2.59. The molecule has 2 aromatic rings. The highest BCUT2D eigenvalue weighted by Gasteiger charge is 2.54. The van der Waals surface area contributed by atoms with Crippen molar-refractivity contribution in [2.75, 3.05) is 42.4 Å². The highest BCUT2D eigenvalue weighted by molar-refractivity contribution is 7.93. The van der Waals surface area contributed by atoms with E-state index in [-0.39, 0.29) is 23.9 Å². The number of fused-ring (bicyclic) bond motifs is 2. The van der Waals surface area contributed by atoms with Gasteiger partial charge in [-0.05, 0) is 118 Å². The number of para-hydroxylation sites is 3. The van der Waals surface area contributed by atoms with Crippen LogP contribution in [0, 0.1) is 29.1 Å². The van der Waals surface area contributed by atoms with Gasteiger partial charge in [-0.25, -0.2) is 8.42 Å². The molecule has 4 saturated carbocycles. The first-order chi connectivity index (χ1) is 18.3. The number of aliphatic hydroxyl groups is 1. The van der Waals surface area contributed by atoms with Crippen molar-refractivity contribution >= 4 is 39.5 Å². The largest absolute Gasteiger partial charge is 0.391 e. The molecule has 5 fully saturated rings. The van der Waals surface area contributed by atoms with E-state index in [2.05, 4.69) is 4.90 Å². The second-order valence-corrected chi connectivity index (χ2v) is 14.9. The average Bonchev–Trinajstić information content (AvgIpc) is 2.97. The van der Waals surface area contributed by atoms with Crippen LogP contribution in [-0.4, -0.2) is 57.8 Å². The zero-order valence-electron chi connectivity index (χ0n) is 22.9. The molecule has 6 nitrogen and oxygen atoms in total. The molecule has 4 bridgehead atoms. The molecule has 2 heterocycles. The Hall–Kier alpha value is -1.80. The summed E-state index contributed by atoms with van der Waals surface area (Å²) in [5, 5.41) is 11.5. The van der Waals surface area contributed by atoms with Gasteiger partial charge in [-0.3, -0.25) is 4.31 Å². The van der Waals surface area contributed by atoms with Gasteiger partial charge in [0.15, 0.2) is 0 Å². The molecule has 212 valence electrons. The summed E-state index contributed by atoms with van der Waals surface area (Å²) < 4.78 is 29.6. The first-order valence-electron chi connectivity index (χ1n) is 14.7. The summed E-state index contributed by atoms with van der Waals surface area (Å²) in [6, 6.07) is 15.2. The quantitative estimate of drug-likeness (QED) is 0.501. The van der Waals surface area contributed by atoms with E-state index >= 15 is 0 Å². The first kappa shape index (κ1) is 27.4. The van der Waals surface area contributed by atoms with Crippen molar-refractivity contribution in [2.24, 2.45) is 29.1 Å². The SMILES string of the molecule is CN1c2ccccc2N(CC2CCN(C[C@H](O)C34CC5CC(CC(C5)C3)C4)CC2)S(=O)(=O)c2ccccc21.Cl. The van der Waals surface area contributed by atoms with Crippen LogP contribution in [0.3, 0.4) is 0 Å². The molecule has 0 unspecified atom stereocenters. The Labute approximate surface area is 239 Å². The van der Waals surface area contributed by atoms with Gasteiger partial charge in [0.05, 0.1) is 23.2 Å². The third-order valence-electron chi connectivity index (χ3n) is 10.7. The topological polar surface area (TPSA) is 64.1 Å². The standard InChI is InChI=1S/C31H41N3O3S.ClH/c1-32-26-6-2-3-7-27(26)34(38(36,37)29-9-5-4-8-28(29)32)20-22-10-12-33(13-11-22)21-30(35)31-17-23-14-24(18-31)16-25(15-23)19-31;/h2-9,22-25,30,35H,10-21H2,1H3;1H/t23?,24?,25?,30-,31?;/m0./s1. The van der Waals surface area contributed by atoms with Crippen molar-refractivity contribution in [1.29, 1.82) is 0 Å². The lowest BCUT2D eigenvalue weighted by Crippen LogP contribution is -2.55. The van der Waals surface area contributed by atoms with Gasteiger partial charge in [0.25, 0.3) is 10.0 Å². The Morgan fingerprint density at radius 3 is 2.03 bits per heavy atom. The molecule has 1 atom stereocenters. The second kappa shape index (κ2) is 10.2. The molecule has 8 heteroatoms. The molecule has 8 rings (SSSR count). The molecule has 0 amide bonds. The average molecular weight is 572 g/mol. The number of nitrogens with zero attached hydrogens (tertiary/aromatic N) is 3. The normalized spacial score (nSPS) is 32.2. The van der Waals surface area contributed by atoms with Crippen LogP contribution in [0.25, 0.3) is 0 Å². The summed E-state index contributed by atoms with van der Waals surface area (Å²) >= 11 is 0. The minimum absolute atomic E-state index is 0. The predicted molar refractivity (Wildman–Crippen MR) is 159 cm³/mol. The molecular weight excluding hydrogens is 530 g/mol. The fraction of sp³-hybridized carbons (Fsp3) is 0.613. The number of anilines is 3. The van der Waals surface area contributed by atoms with Gasteiger partial charge in [0, 0.05) is 20.1 Å². The van der Waals surface area contributed by atoms with Crippen LogP contribution in [0.1, 0.15) is 51.4 Å². The number of hydrogen-bond acceptors (Lipinski definition) is 5. The van der Waals surface area contributed by atoms with Gasteiger partial charge in [-0.2, -0.15) is 0 Å². The second-order valence-electron chi connectivity index (χ2n) is 13.1. The zero-order chi connectivity index (χ0) is 26.1. The van der Waals surface area contributed by atoms with E-state index in [0.29, 0.717) is 17.4 Å². The fourth-order valence-electron chi connectivity index (χ4n) is 9.10. The molecule has 1 N–H and O–H groups in total. The molecule has 2 aromatic carbocycles. The molecule has 2 aliphatic heterocycles. The van der Waals surface area contributed by atoms with Gasteiger partial charge in [0.1, 0.15) is 4.90 Å². The molecule has 0 aromatic heterocycles. The van der Waals surface area contributed by atoms with Crippen molar-refractivity contribution in [3.63, 3.8) is 0 Å². The zero-order valence-corrected chi connectivity index (χ0v) is 24.5. The Morgan fingerprint density at radius 2 is 1.41 bits per heavy atom. The van der Waals surface area contributed by atoms with Gasteiger partial charge in [-0.15, -0.1) is 12.4 Å². The molecule has 6 aliphatic rings. The van der Waals surface area contributed by atoms with Crippen molar-refractivity contribution in [2.45, 2.75) is 62.4 Å². The molecule has 39 heavy (non-hydrogen) atoms. The highest BCUT2D eigenvalue weighted by Crippen LogP contribution is 2.61. The maximum atomic E-state index is 14.0. The molecule has 0 radical (unpaired) electrons. The predicted octanol–water partition coefficient (Wildman–Crippen LogP) is 5.67. The van der Waals surface area contributed by atoms with Crippen LogP contribution in [0.4, 0.5) is 17.1 Å². The van der Waals surface area contributed by atoms with E-state index in [1.54, 1.807) is 10.4 Å². The number of halogens is 1. The van der Waals surface area contributed by atoms with Crippen LogP contribution < -0.4 is 9.21 Å². The van der Waals surface area contributed by atoms with E-state index in [0.717, 1.165) is 67.3 Å². The van der Waals surface area contributed by atoms with E-state index < -0.39 is 10.0 Å². The summed E-state index contributed by atoms with van der Waals surface area (Å²) in [6.07, 6.45) is 9.60. The maximum Gasteiger partial charge on any atom is 0.266 e. The highest BCUT2D eigenvalue weighted by atomic mass is 35.5. The lowest BCUT2D eigenvalue weighted by molar-refractivity contribution is -0.127. The third kappa shape index (κ3) is 4.67. The van der Waals surface area contributed by atoms with Gasteiger partial charge < -0.3 is 14.9 Å². The lowest BCUT2D eigenvalue weighted by atomic mass is 9.48. The monoisotopic (exact) mass is 571 g/mol. The third-order valence-corrected chi connectivity index (χ3v) is 12.5. The molecule has 1 saturated heterocycles. The minimum Gasteiger partial charge on any atom is -0.391 e. The molecule has 0 spiro atoms. The summed E-state index contributed by atoms with van der Waals surface area (Å²) in [5.74, 6) is 2.85. The summed E-state index contributed by atoms with van der Waals surface area (Å²) in [7, 11) is -1.74. The van der Waals surface area contributed by atoms with Crippen molar-refractivity contribution < 1.29 is 13.5 Å². The number of sulfonamides is 1. The summed E-state index contributed by atoms with van der Waals surface area (Å²) in [4.78, 5) is 4.82. The summed E-state index contributed by atoms with van der Waals surface area (Å²) in [5.41, 5.74) is 2.55. The van der Waals surface area contributed by atoms with Crippen LogP contribution >= 0.6 is 12.4 Å². The van der Waals surface area contributed by atoms with Crippen LogP contribution in [0.15, 0.2) is 53.4 Å². The Balaban J connectivity index is 0.00000277. The van der Waals surface area contributed by atoms with E-state index in [1.165, 1.54) is 38.5 Å². The van der Waals surface area contributed by atoms with Crippen molar-refractivity contribution in [3.05, 3.63) is 48.5 Å². The number of benzene rings is 2. The maximum absolute atomic E-state index is 14.0. The van der Waals surface area contributed by atoms with Crippen molar-refractivity contribution in [1.82, 2.24) is 4.90 Å². The number of piperidine rings is 1. The van der Waals surface area contributed by atoms with E-state index in [9.17, 15) is 13.5 Å². The molecule has 4 aliphatic carbocycles. The number of likely N-dealkylation sites (tertiary alicyclic amines) is 1. The van der Waals surface area contributed by atoms with Crippen LogP contribution in [0.2, 0.25) is 0 Å². The number of aliphatic hydroxyl groups excluding tert-OH is 1. The van der Waals surface area contributed by atoms with Gasteiger partial charge in [-0.1, -0.05) is 24.3 Å². The van der Waals surface area contributed by atoms with Crippen molar-refractivity contribution in [3.8, 4) is 0 Å². The Kier molecular flexibility index (Phi) is 7.18. The van der Waals surface area contributed by atoms with Gasteiger partial charge >= 0.3 is 0 Å². The van der Waals surface area contributed by atoms with Gasteiger partial charge in [0.2, 0.25) is 0 Å². The number of hydrogen-bond donors (Lipinski definition) is 1. The van der Waals surface area contributed by atoms with E-state index in [1.807, 2.05) is 54.4 Å². The van der Waals surface area contributed by atoms with E-state index in [4.69, 9.17) is 0 Å². The molecular formula is C31H42ClN3O3S. The minimum atomic E-state index is -3.69. The number of β-amino-alcohol motifs (C(OH)–C–C–N with tert-alkyl or cyclic N) is 1. The fourth-order valence-corrected chi connectivity index (χ4v) is 10.9. The summed E-state index contributed by atoms with van der Waals surface area (Å²) in [6.45, 7) is 3.13. The Bertz CT molecular complexity index is 1270. The first-order valence-corrected chi connectivity index (χ1v) is 16.1. The Morgan fingerprint density at radius 1 is 0.872 bits per heavy atom. The smallest absolute Gasteiger partial charge is 0.266 e. The number of rotatable bonds is 5.